The number of carbonyl (C=O) groups is 2. The van der Waals surface area contributed by atoms with E-state index >= 15 is 0 Å². The van der Waals surface area contributed by atoms with Gasteiger partial charge in [0.1, 0.15) is 30.3 Å². The van der Waals surface area contributed by atoms with Gasteiger partial charge in [-0.05, 0) is 62.6 Å². The number of likely N-dealkylation sites (N-methyl/N-ethyl adjacent to an activating group) is 1. The molecular weight excluding hydrogens is 472 g/mol. The number of hydrogen-bond donors (Lipinski definition) is 3. The Bertz CT molecular complexity index is 1360. The summed E-state index contributed by atoms with van der Waals surface area (Å²) in [6.45, 7) is 1.83. The number of anilines is 2. The van der Waals surface area contributed by atoms with Crippen LogP contribution in [0.5, 0.6) is 11.5 Å². The zero-order chi connectivity index (χ0) is 26.2. The number of nitrogens with one attached hydrogen (secondary N) is 2. The second kappa shape index (κ2) is 12.0. The predicted octanol–water partition coefficient (Wildman–Crippen LogP) is 4.02. The summed E-state index contributed by atoms with van der Waals surface area (Å²) in [5, 5.41) is 6.32. The van der Waals surface area contributed by atoms with E-state index in [1.807, 2.05) is 31.1 Å². The molecule has 4 N–H and O–H groups in total. The third-order valence-electron chi connectivity index (χ3n) is 5.52. The van der Waals surface area contributed by atoms with Crippen molar-refractivity contribution >= 4 is 34.2 Å². The number of fused-ring (bicyclic) bond motifs is 1. The highest BCUT2D eigenvalue weighted by molar-refractivity contribution is 6.05. The van der Waals surface area contributed by atoms with Crippen molar-refractivity contribution in [1.29, 1.82) is 0 Å². The Balaban J connectivity index is 1.25. The molecule has 1 aromatic heterocycles. The zero-order valence-electron chi connectivity index (χ0n) is 20.8. The second-order valence-electron chi connectivity index (χ2n) is 8.60. The Morgan fingerprint density at radius 1 is 0.919 bits per heavy atom. The van der Waals surface area contributed by atoms with Crippen molar-refractivity contribution in [2.75, 3.05) is 51.4 Å². The number of para-hydroxylation sites is 2. The quantitative estimate of drug-likeness (QED) is 0.209. The fraction of sp³-hybridized carbons (Fsp3) is 0.214. The minimum atomic E-state index is -0.341. The molecular formula is C28H30N4O5. The van der Waals surface area contributed by atoms with Crippen molar-refractivity contribution in [3.05, 3.63) is 84.1 Å². The van der Waals surface area contributed by atoms with Gasteiger partial charge in [-0.1, -0.05) is 18.2 Å². The van der Waals surface area contributed by atoms with E-state index in [9.17, 15) is 9.59 Å². The van der Waals surface area contributed by atoms with Gasteiger partial charge in [0.2, 0.25) is 0 Å². The van der Waals surface area contributed by atoms with Crippen LogP contribution in [-0.2, 0) is 0 Å². The zero-order valence-corrected chi connectivity index (χ0v) is 20.8. The van der Waals surface area contributed by atoms with E-state index in [0.29, 0.717) is 40.6 Å². The summed E-state index contributed by atoms with van der Waals surface area (Å²) < 4.78 is 17.2. The Morgan fingerprint density at radius 2 is 1.70 bits per heavy atom. The molecule has 4 aromatic rings. The fourth-order valence-electron chi connectivity index (χ4n) is 3.54. The average molecular weight is 503 g/mol. The number of furan rings is 1. The Morgan fingerprint density at radius 3 is 2.46 bits per heavy atom. The molecule has 0 aliphatic rings. The van der Waals surface area contributed by atoms with Crippen molar-refractivity contribution in [2.45, 2.75) is 0 Å². The molecule has 9 heteroatoms. The van der Waals surface area contributed by atoms with E-state index < -0.39 is 0 Å². The Kier molecular flexibility index (Phi) is 8.27. The van der Waals surface area contributed by atoms with Crippen LogP contribution in [-0.4, -0.2) is 57.1 Å². The molecule has 0 unspecified atom stereocenters. The number of ether oxygens (including phenoxy) is 2. The Hall–Kier alpha value is -4.50. The molecule has 0 saturated heterocycles. The van der Waals surface area contributed by atoms with E-state index in [1.54, 1.807) is 60.7 Å². The van der Waals surface area contributed by atoms with Gasteiger partial charge in [-0.3, -0.25) is 9.59 Å². The first-order chi connectivity index (χ1) is 17.9. The van der Waals surface area contributed by atoms with Gasteiger partial charge in [0.25, 0.3) is 11.8 Å². The summed E-state index contributed by atoms with van der Waals surface area (Å²) in [5.41, 5.74) is 7.98. The summed E-state index contributed by atoms with van der Waals surface area (Å²) >= 11 is 0. The molecule has 0 saturated carbocycles. The first kappa shape index (κ1) is 25.6. The number of rotatable bonds is 11. The minimum Gasteiger partial charge on any atom is -0.492 e. The first-order valence-corrected chi connectivity index (χ1v) is 11.9. The number of nitrogens with two attached hydrogens (primary N) is 1. The highest BCUT2D eigenvalue weighted by Gasteiger charge is 2.15. The van der Waals surface area contributed by atoms with Crippen LogP contribution in [0.3, 0.4) is 0 Å². The first-order valence-electron chi connectivity index (χ1n) is 11.9. The summed E-state index contributed by atoms with van der Waals surface area (Å²) in [4.78, 5) is 27.0. The van der Waals surface area contributed by atoms with E-state index in [0.717, 1.165) is 11.9 Å². The van der Waals surface area contributed by atoms with Crippen LogP contribution in [0.25, 0.3) is 11.0 Å². The summed E-state index contributed by atoms with van der Waals surface area (Å²) in [6, 6.07) is 20.9. The van der Waals surface area contributed by atoms with Crippen molar-refractivity contribution in [1.82, 2.24) is 10.2 Å². The van der Waals surface area contributed by atoms with Gasteiger partial charge in [-0.2, -0.15) is 0 Å². The van der Waals surface area contributed by atoms with E-state index in [1.165, 1.54) is 0 Å². The average Bonchev–Trinajstić information content (AvgIpc) is 3.33. The van der Waals surface area contributed by atoms with Crippen LogP contribution >= 0.6 is 0 Å². The van der Waals surface area contributed by atoms with E-state index in [4.69, 9.17) is 19.6 Å². The van der Waals surface area contributed by atoms with Crippen molar-refractivity contribution < 1.29 is 23.5 Å². The lowest BCUT2D eigenvalue weighted by Crippen LogP contribution is -2.27. The molecule has 0 radical (unpaired) electrons. The van der Waals surface area contributed by atoms with Gasteiger partial charge in [0.15, 0.2) is 5.76 Å². The highest BCUT2D eigenvalue weighted by Crippen LogP contribution is 2.28. The van der Waals surface area contributed by atoms with Crippen LogP contribution in [0, 0.1) is 0 Å². The van der Waals surface area contributed by atoms with E-state index in [-0.39, 0.29) is 30.7 Å². The number of carbonyl (C=O) groups excluding carboxylic acids is 2. The van der Waals surface area contributed by atoms with Crippen LogP contribution in [0.1, 0.15) is 20.9 Å². The highest BCUT2D eigenvalue weighted by atomic mass is 16.5. The molecule has 1 heterocycles. The second-order valence-corrected chi connectivity index (χ2v) is 8.60. The molecule has 37 heavy (non-hydrogen) atoms. The molecule has 192 valence electrons. The number of benzene rings is 3. The van der Waals surface area contributed by atoms with Gasteiger partial charge in [-0.25, -0.2) is 0 Å². The van der Waals surface area contributed by atoms with Gasteiger partial charge in [-0.15, -0.1) is 0 Å². The maximum Gasteiger partial charge on any atom is 0.287 e. The Labute approximate surface area is 215 Å². The molecule has 0 aliphatic carbocycles. The minimum absolute atomic E-state index is 0.202. The van der Waals surface area contributed by atoms with Gasteiger partial charge < -0.3 is 35.2 Å². The standard InChI is InChI=1S/C28H30N4O5/c1-32(2)15-17-36-24-8-5-9-25-21(24)18-26(37-25)28(34)30-14-16-35-20-12-10-19(11-13-20)27(33)31-23-7-4-3-6-22(23)29/h3-13,18H,14-17,29H2,1-2H3,(H,30,34)(H,31,33). The largest absolute Gasteiger partial charge is 0.492 e. The third-order valence-corrected chi connectivity index (χ3v) is 5.52. The number of nitrogens with zero attached hydrogens (tertiary/aromatic N) is 1. The van der Waals surface area contributed by atoms with Crippen LogP contribution in [0.15, 0.2) is 77.2 Å². The topological polar surface area (TPSA) is 119 Å². The lowest BCUT2D eigenvalue weighted by atomic mass is 10.2. The number of nitrogen functional groups attached to an aromatic ring is 1. The lowest BCUT2D eigenvalue weighted by Gasteiger charge is -2.11. The molecule has 0 spiro atoms. The van der Waals surface area contributed by atoms with E-state index in [2.05, 4.69) is 10.6 Å². The van der Waals surface area contributed by atoms with Gasteiger partial charge in [0, 0.05) is 18.2 Å². The fourth-order valence-corrected chi connectivity index (χ4v) is 3.54. The molecule has 4 rings (SSSR count). The maximum atomic E-state index is 12.6. The van der Waals surface area contributed by atoms with Crippen molar-refractivity contribution in [2.24, 2.45) is 0 Å². The normalized spacial score (nSPS) is 10.9. The SMILES string of the molecule is CN(C)CCOc1cccc2oc(C(=O)NCCOc3ccc(C(=O)Nc4ccccc4N)cc3)cc12. The molecule has 3 aromatic carbocycles. The summed E-state index contributed by atoms with van der Waals surface area (Å²) in [6.07, 6.45) is 0. The monoisotopic (exact) mass is 502 g/mol. The molecule has 0 fully saturated rings. The van der Waals surface area contributed by atoms with Gasteiger partial charge in [0.05, 0.1) is 23.3 Å². The van der Waals surface area contributed by atoms with Crippen LogP contribution in [0.2, 0.25) is 0 Å². The summed E-state index contributed by atoms with van der Waals surface area (Å²) in [5.74, 6) is 0.844. The molecule has 2 amide bonds. The smallest absolute Gasteiger partial charge is 0.287 e. The van der Waals surface area contributed by atoms with Crippen molar-refractivity contribution in [3.8, 4) is 11.5 Å². The molecule has 9 nitrogen and oxygen atoms in total. The van der Waals surface area contributed by atoms with Gasteiger partial charge >= 0.3 is 0 Å². The summed E-state index contributed by atoms with van der Waals surface area (Å²) in [7, 11) is 3.96. The molecule has 0 atom stereocenters. The van der Waals surface area contributed by atoms with Crippen molar-refractivity contribution in [3.63, 3.8) is 0 Å². The molecule has 0 aliphatic heterocycles. The molecule has 0 bridgehead atoms. The predicted molar refractivity (Wildman–Crippen MR) is 143 cm³/mol. The van der Waals surface area contributed by atoms with Crippen LogP contribution < -0.4 is 25.8 Å². The number of hydrogen-bond acceptors (Lipinski definition) is 7. The van der Waals surface area contributed by atoms with Crippen LogP contribution in [0.4, 0.5) is 11.4 Å². The maximum absolute atomic E-state index is 12.6. The number of amides is 2. The third kappa shape index (κ3) is 6.80. The lowest BCUT2D eigenvalue weighted by molar-refractivity contribution is 0.0920.